The van der Waals surface area contributed by atoms with Crippen molar-refractivity contribution in [1.29, 1.82) is 0 Å². The number of nitrogens with two attached hydrogens (primary N) is 1. The van der Waals surface area contributed by atoms with Crippen molar-refractivity contribution < 1.29 is 29.7 Å². The van der Waals surface area contributed by atoms with Crippen molar-refractivity contribution in [3.8, 4) is 0 Å². The molecule has 16 heavy (non-hydrogen) atoms. The molecule has 0 heterocycles. The molecule has 0 saturated carbocycles. The van der Waals surface area contributed by atoms with E-state index in [1.165, 1.54) is 6.92 Å². The summed E-state index contributed by atoms with van der Waals surface area (Å²) in [4.78, 5) is 28.8. The Kier molecular flexibility index (Phi) is 10.3. The van der Waals surface area contributed by atoms with Gasteiger partial charge >= 0.3 is 11.9 Å². The maximum absolute atomic E-state index is 10.6. The largest absolute Gasteiger partial charge is 0.473 e. The summed E-state index contributed by atoms with van der Waals surface area (Å²) in [5.74, 6) is -3.99. The van der Waals surface area contributed by atoms with Crippen LogP contribution in [0.5, 0.6) is 0 Å². The van der Waals surface area contributed by atoms with Crippen molar-refractivity contribution in [2.75, 3.05) is 13.1 Å². The molecule has 0 aliphatic carbocycles. The maximum Gasteiger partial charge on any atom is 0.414 e. The molecule has 0 spiro atoms. The van der Waals surface area contributed by atoms with Gasteiger partial charge < -0.3 is 26.4 Å². The Morgan fingerprint density at radius 1 is 1.25 bits per heavy atom. The minimum atomic E-state index is -1.82. The number of carboxylic acids is 2. The number of carbonyl (C=O) groups is 3. The van der Waals surface area contributed by atoms with Gasteiger partial charge in [0.05, 0.1) is 0 Å². The van der Waals surface area contributed by atoms with E-state index in [-0.39, 0.29) is 5.91 Å². The first kappa shape index (κ1) is 16.7. The first-order valence-corrected chi connectivity index (χ1v) is 4.45. The zero-order valence-electron chi connectivity index (χ0n) is 8.84. The number of hydrogen-bond donors (Lipinski definition) is 5. The van der Waals surface area contributed by atoms with Crippen LogP contribution in [-0.4, -0.2) is 52.4 Å². The molecule has 0 aromatic rings. The number of amides is 1. The molecule has 0 rings (SSSR count). The second-order valence-corrected chi connectivity index (χ2v) is 2.72. The fraction of sp³-hybridized carbons (Fsp3) is 0.625. The van der Waals surface area contributed by atoms with E-state index in [0.29, 0.717) is 13.1 Å². The van der Waals surface area contributed by atoms with Crippen molar-refractivity contribution in [1.82, 2.24) is 5.32 Å². The Hall–Kier alpha value is -1.67. The van der Waals surface area contributed by atoms with Crippen molar-refractivity contribution >= 4 is 17.8 Å². The molecule has 0 radical (unpaired) electrons. The Bertz CT molecular complexity index is 229. The lowest BCUT2D eigenvalue weighted by molar-refractivity contribution is -0.159. The molecule has 8 heteroatoms. The van der Waals surface area contributed by atoms with Gasteiger partial charge in [0.15, 0.2) is 0 Å². The zero-order chi connectivity index (χ0) is 13.1. The third-order valence-corrected chi connectivity index (χ3v) is 1.24. The molecular weight excluding hydrogens is 220 g/mol. The van der Waals surface area contributed by atoms with Gasteiger partial charge in [-0.05, 0) is 19.9 Å². The number of aliphatic hydroxyl groups is 1. The maximum atomic E-state index is 10.6. The molecule has 1 atom stereocenters. The second kappa shape index (κ2) is 9.87. The molecule has 0 saturated heterocycles. The summed E-state index contributed by atoms with van der Waals surface area (Å²) in [6.45, 7) is 2.53. The number of aliphatic carboxylic acids is 2. The molecule has 0 aliphatic rings. The van der Waals surface area contributed by atoms with Crippen LogP contribution in [0.25, 0.3) is 0 Å². The minimum Gasteiger partial charge on any atom is -0.473 e. The van der Waals surface area contributed by atoms with E-state index in [1.54, 1.807) is 0 Å². The molecule has 0 aliphatic heterocycles. The predicted octanol–water partition coefficient (Wildman–Crippen LogP) is -2.01. The number of aliphatic hydroxyl groups excluding tert-OH is 1. The van der Waals surface area contributed by atoms with Crippen LogP contribution in [0, 0.1) is 0 Å². The van der Waals surface area contributed by atoms with Gasteiger partial charge in [0.2, 0.25) is 5.91 Å². The van der Waals surface area contributed by atoms with Crippen molar-refractivity contribution in [3.05, 3.63) is 0 Å². The first-order chi connectivity index (χ1) is 7.32. The second-order valence-electron chi connectivity index (χ2n) is 2.72. The SMILES string of the molecule is CC(O)C(=O)NCCCN.O=C(O)C(=O)O. The highest BCUT2D eigenvalue weighted by atomic mass is 16.4. The van der Waals surface area contributed by atoms with E-state index in [2.05, 4.69) is 5.32 Å². The van der Waals surface area contributed by atoms with Crippen LogP contribution in [0.15, 0.2) is 0 Å². The lowest BCUT2D eigenvalue weighted by atomic mass is 10.3. The molecule has 8 nitrogen and oxygen atoms in total. The van der Waals surface area contributed by atoms with Gasteiger partial charge in [-0.1, -0.05) is 0 Å². The van der Waals surface area contributed by atoms with Gasteiger partial charge in [0.1, 0.15) is 6.10 Å². The molecule has 94 valence electrons. The number of hydrogen-bond acceptors (Lipinski definition) is 5. The molecule has 0 aromatic heterocycles. The van der Waals surface area contributed by atoms with E-state index < -0.39 is 18.0 Å². The van der Waals surface area contributed by atoms with E-state index >= 15 is 0 Å². The number of carbonyl (C=O) groups excluding carboxylic acids is 1. The molecule has 6 N–H and O–H groups in total. The highest BCUT2D eigenvalue weighted by Gasteiger charge is 2.05. The highest BCUT2D eigenvalue weighted by molar-refractivity contribution is 6.27. The summed E-state index contributed by atoms with van der Waals surface area (Å²) in [5, 5.41) is 26.0. The van der Waals surface area contributed by atoms with E-state index in [1.807, 2.05) is 0 Å². The molecule has 1 unspecified atom stereocenters. The van der Waals surface area contributed by atoms with Gasteiger partial charge in [-0.25, -0.2) is 9.59 Å². The van der Waals surface area contributed by atoms with E-state index in [0.717, 1.165) is 6.42 Å². The molecule has 1 amide bonds. The van der Waals surface area contributed by atoms with E-state index in [9.17, 15) is 4.79 Å². The Morgan fingerprint density at radius 3 is 1.94 bits per heavy atom. The summed E-state index contributed by atoms with van der Waals surface area (Å²) in [5.41, 5.74) is 5.18. The van der Waals surface area contributed by atoms with Crippen LogP contribution >= 0.6 is 0 Å². The van der Waals surface area contributed by atoms with Gasteiger partial charge in [-0.15, -0.1) is 0 Å². The predicted molar refractivity (Wildman–Crippen MR) is 53.6 cm³/mol. The molecular formula is C8H16N2O6. The molecule has 0 bridgehead atoms. The smallest absolute Gasteiger partial charge is 0.414 e. The van der Waals surface area contributed by atoms with Crippen LogP contribution in [0.1, 0.15) is 13.3 Å². The third kappa shape index (κ3) is 12.3. The van der Waals surface area contributed by atoms with Crippen LogP contribution in [0.4, 0.5) is 0 Å². The minimum absolute atomic E-state index is 0.339. The van der Waals surface area contributed by atoms with Crippen molar-refractivity contribution in [2.24, 2.45) is 5.73 Å². The third-order valence-electron chi connectivity index (χ3n) is 1.24. The summed E-state index contributed by atoms with van der Waals surface area (Å²) in [7, 11) is 0. The lowest BCUT2D eigenvalue weighted by Crippen LogP contribution is -2.33. The quantitative estimate of drug-likeness (QED) is 0.279. The van der Waals surface area contributed by atoms with Crippen molar-refractivity contribution in [2.45, 2.75) is 19.4 Å². The standard InChI is InChI=1S/C6H14N2O2.C2H2O4/c1-5(9)6(10)8-4-2-3-7;3-1(4)2(5)6/h5,9H,2-4,7H2,1H3,(H,8,10);(H,3,4)(H,5,6). The lowest BCUT2D eigenvalue weighted by Gasteiger charge is -2.04. The number of carboxylic acid groups (broad SMARTS) is 2. The summed E-state index contributed by atoms with van der Waals surface area (Å²) < 4.78 is 0. The average molecular weight is 236 g/mol. The fourth-order valence-corrected chi connectivity index (χ4v) is 0.461. The molecule has 0 aromatic carbocycles. The molecule has 0 fully saturated rings. The first-order valence-electron chi connectivity index (χ1n) is 4.45. The topological polar surface area (TPSA) is 150 Å². The van der Waals surface area contributed by atoms with Gasteiger partial charge in [0.25, 0.3) is 0 Å². The van der Waals surface area contributed by atoms with Crippen LogP contribution in [-0.2, 0) is 14.4 Å². The van der Waals surface area contributed by atoms with Crippen molar-refractivity contribution in [3.63, 3.8) is 0 Å². The van der Waals surface area contributed by atoms with Gasteiger partial charge in [-0.2, -0.15) is 0 Å². The fourth-order valence-electron chi connectivity index (χ4n) is 0.461. The van der Waals surface area contributed by atoms with Crippen LogP contribution in [0.3, 0.4) is 0 Å². The normalized spacial score (nSPS) is 10.7. The average Bonchev–Trinajstić information content (AvgIpc) is 2.18. The number of nitrogens with one attached hydrogen (secondary N) is 1. The number of rotatable bonds is 4. The van der Waals surface area contributed by atoms with Gasteiger partial charge in [0, 0.05) is 6.54 Å². The zero-order valence-corrected chi connectivity index (χ0v) is 8.84. The Morgan fingerprint density at radius 2 is 1.69 bits per heavy atom. The highest BCUT2D eigenvalue weighted by Crippen LogP contribution is 1.78. The Labute approximate surface area is 92.1 Å². The monoisotopic (exact) mass is 236 g/mol. The van der Waals surface area contributed by atoms with E-state index in [4.69, 9.17) is 30.6 Å². The van der Waals surface area contributed by atoms with Gasteiger partial charge in [-0.3, -0.25) is 4.79 Å². The van der Waals surface area contributed by atoms with Crippen LogP contribution < -0.4 is 11.1 Å². The Balaban J connectivity index is 0. The summed E-state index contributed by atoms with van der Waals surface area (Å²) >= 11 is 0. The van der Waals surface area contributed by atoms with Crippen LogP contribution in [0.2, 0.25) is 0 Å². The summed E-state index contributed by atoms with van der Waals surface area (Å²) in [6.07, 6.45) is -0.170. The summed E-state index contributed by atoms with van der Waals surface area (Å²) in [6, 6.07) is 0.